The number of benzene rings is 1. The van der Waals surface area contributed by atoms with Gasteiger partial charge in [0.25, 0.3) is 0 Å². The van der Waals surface area contributed by atoms with Gasteiger partial charge in [0.2, 0.25) is 0 Å². The Bertz CT molecular complexity index is 523. The molecule has 0 fully saturated rings. The molecular weight excluding hydrogens is 246 g/mol. The van der Waals surface area contributed by atoms with Crippen LogP contribution in [-0.2, 0) is 0 Å². The van der Waals surface area contributed by atoms with E-state index in [9.17, 15) is 0 Å². The maximum absolute atomic E-state index is 4.50. The predicted molar refractivity (Wildman–Crippen MR) is 84.7 cm³/mol. The van der Waals surface area contributed by atoms with Gasteiger partial charge in [-0.3, -0.25) is 4.68 Å². The lowest BCUT2D eigenvalue weighted by atomic mass is 10.1. The first kappa shape index (κ1) is 14.8. The van der Waals surface area contributed by atoms with Crippen molar-refractivity contribution < 1.29 is 0 Å². The number of nitrogens with zero attached hydrogens (tertiary/aromatic N) is 2. The average molecular weight is 271 g/mol. The maximum atomic E-state index is 4.50. The van der Waals surface area contributed by atoms with Gasteiger partial charge in [0, 0.05) is 17.3 Å². The number of aromatic nitrogens is 2. The first-order chi connectivity index (χ1) is 9.46. The smallest absolute Gasteiger partial charge is 0.0568 e. The Morgan fingerprint density at radius 2 is 1.85 bits per heavy atom. The van der Waals surface area contributed by atoms with Crippen molar-refractivity contribution in [1.82, 2.24) is 15.1 Å². The fraction of sp³-hybridized carbons (Fsp3) is 0.471. The third-order valence-corrected chi connectivity index (χ3v) is 3.38. The molecule has 2 rings (SSSR count). The molecule has 3 heteroatoms. The fourth-order valence-corrected chi connectivity index (χ4v) is 2.15. The van der Waals surface area contributed by atoms with Crippen LogP contribution >= 0.6 is 0 Å². The van der Waals surface area contributed by atoms with E-state index in [-0.39, 0.29) is 5.54 Å². The number of hydrogen-bond donors (Lipinski definition) is 1. The van der Waals surface area contributed by atoms with E-state index in [2.05, 4.69) is 73.3 Å². The molecular formula is C17H25N3. The first-order valence-electron chi connectivity index (χ1n) is 7.30. The Kier molecular flexibility index (Phi) is 4.61. The lowest BCUT2D eigenvalue weighted by molar-refractivity contribution is 0.380. The Hall–Kier alpha value is -1.61. The van der Waals surface area contributed by atoms with Crippen molar-refractivity contribution in [1.29, 1.82) is 0 Å². The van der Waals surface area contributed by atoms with Gasteiger partial charge < -0.3 is 5.32 Å². The number of rotatable bonds is 5. The molecule has 0 aliphatic carbocycles. The van der Waals surface area contributed by atoms with Gasteiger partial charge in [0.1, 0.15) is 0 Å². The van der Waals surface area contributed by atoms with Crippen molar-refractivity contribution in [3.63, 3.8) is 0 Å². The Balaban J connectivity index is 1.95. The van der Waals surface area contributed by atoms with Gasteiger partial charge in [0.05, 0.1) is 12.2 Å². The number of hydrogen-bond acceptors (Lipinski definition) is 2. The van der Waals surface area contributed by atoms with E-state index in [0.717, 1.165) is 13.0 Å². The zero-order valence-electron chi connectivity index (χ0n) is 12.9. The van der Waals surface area contributed by atoms with Crippen molar-refractivity contribution in [2.45, 2.75) is 45.7 Å². The van der Waals surface area contributed by atoms with Crippen LogP contribution in [0.1, 0.15) is 40.2 Å². The molecule has 1 aromatic carbocycles. The third-order valence-electron chi connectivity index (χ3n) is 3.38. The normalized spacial score (nSPS) is 13.4. The Labute approximate surface area is 122 Å². The van der Waals surface area contributed by atoms with Gasteiger partial charge in [0.15, 0.2) is 0 Å². The lowest BCUT2D eigenvalue weighted by Crippen LogP contribution is -2.37. The topological polar surface area (TPSA) is 29.9 Å². The summed E-state index contributed by atoms with van der Waals surface area (Å²) in [5.41, 5.74) is 2.58. The molecule has 3 nitrogen and oxygen atoms in total. The molecule has 108 valence electrons. The van der Waals surface area contributed by atoms with Crippen LogP contribution in [0, 0.1) is 0 Å². The summed E-state index contributed by atoms with van der Waals surface area (Å²) in [5, 5.41) is 8.02. The highest BCUT2D eigenvalue weighted by Crippen LogP contribution is 2.20. The second-order valence-corrected chi connectivity index (χ2v) is 6.39. The van der Waals surface area contributed by atoms with Crippen molar-refractivity contribution in [2.24, 2.45) is 0 Å². The van der Waals surface area contributed by atoms with Crippen molar-refractivity contribution in [3.8, 4) is 11.1 Å². The highest BCUT2D eigenvalue weighted by atomic mass is 15.3. The third kappa shape index (κ3) is 4.20. The highest BCUT2D eigenvalue weighted by Gasteiger charge is 2.11. The Morgan fingerprint density at radius 1 is 1.15 bits per heavy atom. The van der Waals surface area contributed by atoms with E-state index in [1.54, 1.807) is 0 Å². The van der Waals surface area contributed by atoms with Gasteiger partial charge in [-0.15, -0.1) is 0 Å². The van der Waals surface area contributed by atoms with Crippen molar-refractivity contribution >= 4 is 0 Å². The molecule has 0 saturated carbocycles. The molecule has 0 bridgehead atoms. The molecule has 0 amide bonds. The zero-order chi connectivity index (χ0) is 14.6. The van der Waals surface area contributed by atoms with Crippen LogP contribution in [0.5, 0.6) is 0 Å². The molecule has 0 radical (unpaired) electrons. The average Bonchev–Trinajstić information content (AvgIpc) is 2.88. The fourth-order valence-electron chi connectivity index (χ4n) is 2.15. The van der Waals surface area contributed by atoms with Crippen LogP contribution in [0.3, 0.4) is 0 Å². The van der Waals surface area contributed by atoms with E-state index < -0.39 is 0 Å². The minimum absolute atomic E-state index is 0.180. The lowest BCUT2D eigenvalue weighted by Gasteiger charge is -2.22. The van der Waals surface area contributed by atoms with E-state index in [1.165, 1.54) is 11.1 Å². The maximum Gasteiger partial charge on any atom is 0.0568 e. The van der Waals surface area contributed by atoms with E-state index >= 15 is 0 Å². The zero-order valence-corrected chi connectivity index (χ0v) is 12.9. The SMILES string of the molecule is CC(CCNC(C)(C)C)n1cc(-c2ccccc2)cn1. The second kappa shape index (κ2) is 6.23. The van der Waals surface area contributed by atoms with E-state index in [4.69, 9.17) is 0 Å². The molecule has 2 aromatic rings. The monoisotopic (exact) mass is 271 g/mol. The van der Waals surface area contributed by atoms with Gasteiger partial charge in [-0.1, -0.05) is 30.3 Å². The molecule has 1 unspecified atom stereocenters. The van der Waals surface area contributed by atoms with Gasteiger partial charge in [-0.05, 0) is 46.2 Å². The van der Waals surface area contributed by atoms with Crippen LogP contribution in [0.4, 0.5) is 0 Å². The molecule has 1 atom stereocenters. The summed E-state index contributed by atoms with van der Waals surface area (Å²) in [6.45, 7) is 9.80. The standard InChI is InChI=1S/C17H25N3/c1-14(10-11-18-17(2,3)4)20-13-16(12-19-20)15-8-6-5-7-9-15/h5-9,12-14,18H,10-11H2,1-4H3. The summed E-state index contributed by atoms with van der Waals surface area (Å²) < 4.78 is 2.06. The van der Waals surface area contributed by atoms with E-state index in [0.29, 0.717) is 6.04 Å². The van der Waals surface area contributed by atoms with Crippen molar-refractivity contribution in [3.05, 3.63) is 42.7 Å². The summed E-state index contributed by atoms with van der Waals surface area (Å²) in [5.74, 6) is 0. The summed E-state index contributed by atoms with van der Waals surface area (Å²) in [6.07, 6.45) is 5.16. The van der Waals surface area contributed by atoms with Crippen molar-refractivity contribution in [2.75, 3.05) is 6.54 Å². The summed E-state index contributed by atoms with van der Waals surface area (Å²) >= 11 is 0. The number of nitrogens with one attached hydrogen (secondary N) is 1. The largest absolute Gasteiger partial charge is 0.312 e. The van der Waals surface area contributed by atoms with Gasteiger partial charge >= 0.3 is 0 Å². The minimum atomic E-state index is 0.180. The summed E-state index contributed by atoms with van der Waals surface area (Å²) in [4.78, 5) is 0. The molecule has 0 aliphatic rings. The molecule has 0 aliphatic heterocycles. The van der Waals surface area contributed by atoms with E-state index in [1.807, 2.05) is 12.3 Å². The first-order valence-corrected chi connectivity index (χ1v) is 7.30. The van der Waals surface area contributed by atoms with Crippen LogP contribution in [0.2, 0.25) is 0 Å². The molecule has 20 heavy (non-hydrogen) atoms. The quantitative estimate of drug-likeness (QED) is 0.894. The molecule has 1 aromatic heterocycles. The predicted octanol–water partition coefficient (Wildman–Crippen LogP) is 3.89. The van der Waals surface area contributed by atoms with Crippen LogP contribution in [0.15, 0.2) is 42.7 Å². The molecule has 1 N–H and O–H groups in total. The van der Waals surface area contributed by atoms with Gasteiger partial charge in [-0.25, -0.2) is 0 Å². The Morgan fingerprint density at radius 3 is 2.50 bits per heavy atom. The molecule has 0 saturated heterocycles. The molecule has 1 heterocycles. The highest BCUT2D eigenvalue weighted by molar-refractivity contribution is 5.61. The van der Waals surface area contributed by atoms with Crippen LogP contribution in [0.25, 0.3) is 11.1 Å². The van der Waals surface area contributed by atoms with Gasteiger partial charge in [-0.2, -0.15) is 5.10 Å². The minimum Gasteiger partial charge on any atom is -0.312 e. The summed E-state index contributed by atoms with van der Waals surface area (Å²) in [6, 6.07) is 10.8. The van der Waals surface area contributed by atoms with Crippen LogP contribution in [-0.4, -0.2) is 21.9 Å². The molecule has 0 spiro atoms. The second-order valence-electron chi connectivity index (χ2n) is 6.39. The summed E-state index contributed by atoms with van der Waals surface area (Å²) in [7, 11) is 0. The van der Waals surface area contributed by atoms with Crippen LogP contribution < -0.4 is 5.32 Å².